The highest BCUT2D eigenvalue weighted by atomic mass is 19.1. The Morgan fingerprint density at radius 3 is 2.58 bits per heavy atom. The van der Waals surface area contributed by atoms with Crippen LogP contribution in [-0.2, 0) is 0 Å². The number of hydrogen-bond donors (Lipinski definition) is 1. The highest BCUT2D eigenvalue weighted by Crippen LogP contribution is 2.25. The number of nitrogens with two attached hydrogens (primary N) is 1. The molecule has 0 spiro atoms. The van der Waals surface area contributed by atoms with Gasteiger partial charge in [-0.1, -0.05) is 6.07 Å². The fourth-order valence-electron chi connectivity index (χ4n) is 1.14. The zero-order valence-corrected chi connectivity index (χ0v) is 7.17. The van der Waals surface area contributed by atoms with E-state index in [1.165, 1.54) is 13.2 Å². The maximum atomic E-state index is 13.1. The van der Waals surface area contributed by atoms with E-state index in [1.54, 1.807) is 19.1 Å². The van der Waals surface area contributed by atoms with Gasteiger partial charge in [-0.05, 0) is 19.1 Å². The van der Waals surface area contributed by atoms with Crippen LogP contribution in [0.1, 0.15) is 18.5 Å². The van der Waals surface area contributed by atoms with E-state index >= 15 is 0 Å². The van der Waals surface area contributed by atoms with E-state index in [1.807, 2.05) is 0 Å². The second-order valence-corrected chi connectivity index (χ2v) is 2.64. The second-order valence-electron chi connectivity index (χ2n) is 2.64. The lowest BCUT2D eigenvalue weighted by Crippen LogP contribution is -2.09. The third-order valence-electron chi connectivity index (χ3n) is 1.69. The monoisotopic (exact) mass is 169 g/mol. The van der Waals surface area contributed by atoms with E-state index in [0.29, 0.717) is 11.3 Å². The van der Waals surface area contributed by atoms with Crippen molar-refractivity contribution in [2.24, 2.45) is 5.73 Å². The fraction of sp³-hybridized carbons (Fsp3) is 0.333. The average Bonchev–Trinajstić information content (AvgIpc) is 2.03. The van der Waals surface area contributed by atoms with Crippen LogP contribution in [0.2, 0.25) is 0 Å². The van der Waals surface area contributed by atoms with Crippen molar-refractivity contribution < 1.29 is 9.13 Å². The number of hydrogen-bond acceptors (Lipinski definition) is 2. The molecule has 1 aromatic carbocycles. The largest absolute Gasteiger partial charge is 0.496 e. The molecule has 1 unspecified atom stereocenters. The molecule has 0 amide bonds. The van der Waals surface area contributed by atoms with Gasteiger partial charge in [0.2, 0.25) is 0 Å². The van der Waals surface area contributed by atoms with Gasteiger partial charge in [0.05, 0.1) is 7.11 Å². The second kappa shape index (κ2) is 3.54. The van der Waals surface area contributed by atoms with Crippen LogP contribution in [0.25, 0.3) is 0 Å². The van der Waals surface area contributed by atoms with Crippen molar-refractivity contribution in [3.63, 3.8) is 0 Å². The Bertz CT molecular complexity index is 273. The molecule has 2 nitrogen and oxygen atoms in total. The van der Waals surface area contributed by atoms with E-state index < -0.39 is 0 Å². The minimum Gasteiger partial charge on any atom is -0.496 e. The zero-order chi connectivity index (χ0) is 9.14. The fourth-order valence-corrected chi connectivity index (χ4v) is 1.14. The number of rotatable bonds is 2. The van der Waals surface area contributed by atoms with Gasteiger partial charge in [0.1, 0.15) is 11.6 Å². The predicted molar refractivity (Wildman–Crippen MR) is 45.6 cm³/mol. The number of ether oxygens (including phenoxy) is 1. The van der Waals surface area contributed by atoms with Crippen LogP contribution < -0.4 is 10.5 Å². The molecule has 0 aromatic heterocycles. The van der Waals surface area contributed by atoms with Crippen molar-refractivity contribution in [3.05, 3.63) is 29.6 Å². The maximum Gasteiger partial charge on any atom is 0.131 e. The summed E-state index contributed by atoms with van der Waals surface area (Å²) >= 11 is 0. The molecule has 0 aliphatic carbocycles. The van der Waals surface area contributed by atoms with Crippen LogP contribution in [0.3, 0.4) is 0 Å². The summed E-state index contributed by atoms with van der Waals surface area (Å²) in [6.45, 7) is 1.72. The van der Waals surface area contributed by atoms with E-state index in [4.69, 9.17) is 10.5 Å². The van der Waals surface area contributed by atoms with E-state index in [9.17, 15) is 4.39 Å². The molecule has 1 aromatic rings. The lowest BCUT2D eigenvalue weighted by Gasteiger charge is -2.11. The van der Waals surface area contributed by atoms with Gasteiger partial charge in [0, 0.05) is 11.6 Å². The normalized spacial score (nSPS) is 12.7. The summed E-state index contributed by atoms with van der Waals surface area (Å²) in [5, 5.41) is 0. The topological polar surface area (TPSA) is 35.2 Å². The molecule has 3 heteroatoms. The summed E-state index contributed by atoms with van der Waals surface area (Å²) in [5.74, 6) is 0.189. The summed E-state index contributed by atoms with van der Waals surface area (Å²) in [5.41, 5.74) is 6.00. The first-order valence-electron chi connectivity index (χ1n) is 3.74. The first kappa shape index (κ1) is 9.00. The number of halogens is 1. The van der Waals surface area contributed by atoms with Crippen molar-refractivity contribution in [2.45, 2.75) is 13.0 Å². The molecule has 0 saturated carbocycles. The summed E-state index contributed by atoms with van der Waals surface area (Å²) in [7, 11) is 1.50. The molecule has 0 fully saturated rings. The lowest BCUT2D eigenvalue weighted by atomic mass is 10.1. The molecular formula is C9H12FNO. The van der Waals surface area contributed by atoms with Gasteiger partial charge in [0.15, 0.2) is 0 Å². The van der Waals surface area contributed by atoms with Crippen molar-refractivity contribution in [1.29, 1.82) is 0 Å². The van der Waals surface area contributed by atoms with Crippen LogP contribution in [0, 0.1) is 5.82 Å². The smallest absolute Gasteiger partial charge is 0.131 e. The van der Waals surface area contributed by atoms with Crippen LogP contribution in [0.4, 0.5) is 4.39 Å². The Labute approximate surface area is 71.1 Å². The van der Waals surface area contributed by atoms with E-state index in [-0.39, 0.29) is 11.9 Å². The summed E-state index contributed by atoms with van der Waals surface area (Å²) < 4.78 is 18.1. The van der Waals surface area contributed by atoms with Crippen molar-refractivity contribution in [3.8, 4) is 5.75 Å². The molecule has 0 heterocycles. The molecule has 0 aliphatic heterocycles. The van der Waals surface area contributed by atoms with Crippen LogP contribution in [0.15, 0.2) is 18.2 Å². The molecule has 1 atom stereocenters. The molecule has 1 rings (SSSR count). The summed E-state index contributed by atoms with van der Waals surface area (Å²) in [6.07, 6.45) is 0. The van der Waals surface area contributed by atoms with Crippen LogP contribution in [-0.4, -0.2) is 7.11 Å². The van der Waals surface area contributed by atoms with E-state index in [0.717, 1.165) is 0 Å². The molecule has 2 N–H and O–H groups in total. The lowest BCUT2D eigenvalue weighted by molar-refractivity contribution is 0.400. The minimum absolute atomic E-state index is 0.315. The highest BCUT2D eigenvalue weighted by Gasteiger charge is 2.11. The van der Waals surface area contributed by atoms with Gasteiger partial charge >= 0.3 is 0 Å². The van der Waals surface area contributed by atoms with E-state index in [2.05, 4.69) is 0 Å². The van der Waals surface area contributed by atoms with Crippen molar-refractivity contribution in [1.82, 2.24) is 0 Å². The molecule has 12 heavy (non-hydrogen) atoms. The zero-order valence-electron chi connectivity index (χ0n) is 7.17. The van der Waals surface area contributed by atoms with Crippen molar-refractivity contribution >= 4 is 0 Å². The SMILES string of the molecule is COc1cccc(F)c1C(C)N. The summed E-state index contributed by atoms with van der Waals surface area (Å²) in [4.78, 5) is 0. The highest BCUT2D eigenvalue weighted by molar-refractivity contribution is 5.36. The molecule has 0 bridgehead atoms. The Morgan fingerprint density at radius 1 is 1.50 bits per heavy atom. The molecular weight excluding hydrogens is 157 g/mol. The predicted octanol–water partition coefficient (Wildman–Crippen LogP) is 1.85. The Kier molecular flexibility index (Phi) is 2.65. The minimum atomic E-state index is -0.346. The van der Waals surface area contributed by atoms with Crippen LogP contribution >= 0.6 is 0 Å². The van der Waals surface area contributed by atoms with Gasteiger partial charge in [-0.3, -0.25) is 0 Å². The summed E-state index contributed by atoms with van der Waals surface area (Å²) in [6, 6.07) is 4.32. The van der Waals surface area contributed by atoms with Crippen LogP contribution in [0.5, 0.6) is 5.75 Å². The van der Waals surface area contributed by atoms with Gasteiger partial charge in [-0.2, -0.15) is 0 Å². The average molecular weight is 169 g/mol. The quantitative estimate of drug-likeness (QED) is 0.733. The first-order chi connectivity index (χ1) is 5.66. The Balaban J connectivity index is 3.20. The first-order valence-corrected chi connectivity index (χ1v) is 3.74. The van der Waals surface area contributed by atoms with Gasteiger partial charge in [0.25, 0.3) is 0 Å². The number of methoxy groups -OCH3 is 1. The third-order valence-corrected chi connectivity index (χ3v) is 1.69. The Morgan fingerprint density at radius 2 is 2.17 bits per heavy atom. The van der Waals surface area contributed by atoms with Gasteiger partial charge < -0.3 is 10.5 Å². The molecule has 66 valence electrons. The number of benzene rings is 1. The maximum absolute atomic E-state index is 13.1. The third kappa shape index (κ3) is 1.56. The van der Waals surface area contributed by atoms with Crippen molar-refractivity contribution in [2.75, 3.05) is 7.11 Å². The molecule has 0 radical (unpaired) electrons. The van der Waals surface area contributed by atoms with Gasteiger partial charge in [-0.25, -0.2) is 4.39 Å². The molecule has 0 saturated heterocycles. The molecule has 0 aliphatic rings. The van der Waals surface area contributed by atoms with Gasteiger partial charge in [-0.15, -0.1) is 0 Å². The standard InChI is InChI=1S/C9H12FNO/c1-6(11)9-7(10)4-3-5-8(9)12-2/h3-6H,11H2,1-2H3. The Hall–Kier alpha value is -1.09.